The molecule has 182 valence electrons. The molecule has 3 heterocycles. The fraction of sp³-hybridized carbons (Fsp3) is 0.333. The molecule has 0 spiro atoms. The third kappa shape index (κ3) is 4.98. The van der Waals surface area contributed by atoms with Crippen LogP contribution in [0, 0.1) is 6.92 Å². The predicted octanol–water partition coefficient (Wildman–Crippen LogP) is 5.30. The average molecular weight is 529 g/mol. The number of benzene rings is 2. The van der Waals surface area contributed by atoms with Gasteiger partial charge in [0.1, 0.15) is 0 Å². The molecular formula is C27H27Cl2N3O2S. The van der Waals surface area contributed by atoms with Crippen LogP contribution < -0.4 is 0 Å². The summed E-state index contributed by atoms with van der Waals surface area (Å²) in [5.74, 6) is -0.0155. The fourth-order valence-electron chi connectivity index (χ4n) is 5.06. The zero-order chi connectivity index (χ0) is 24.5. The molecule has 2 aromatic carbocycles. The van der Waals surface area contributed by atoms with E-state index >= 15 is 0 Å². The van der Waals surface area contributed by atoms with Gasteiger partial charge in [0.25, 0.3) is 5.91 Å². The van der Waals surface area contributed by atoms with Gasteiger partial charge < -0.3 is 9.80 Å². The van der Waals surface area contributed by atoms with E-state index in [9.17, 15) is 9.59 Å². The SMILES string of the molecule is Cc1ccccc1[C@H]1c2ccsc2CCN1CC(=O)N1CCN(C(=O)c2ccc(Cl)cc2Cl)CC1. The van der Waals surface area contributed by atoms with Crippen molar-refractivity contribution in [3.8, 4) is 0 Å². The summed E-state index contributed by atoms with van der Waals surface area (Å²) in [6, 6.07) is 15.7. The number of hydrogen-bond donors (Lipinski definition) is 0. The van der Waals surface area contributed by atoms with Gasteiger partial charge in [-0.2, -0.15) is 0 Å². The molecular weight excluding hydrogens is 501 g/mol. The van der Waals surface area contributed by atoms with E-state index in [1.54, 1.807) is 34.4 Å². The standard InChI is InChI=1S/C27H27Cl2N3O2S/c1-18-4-2-3-5-20(18)26-22-9-15-35-24(22)8-10-32(26)17-25(33)30-11-13-31(14-12-30)27(34)21-7-6-19(28)16-23(21)29/h2-7,9,15-16,26H,8,10-14,17H2,1H3/t26-/m0/s1. The van der Waals surface area contributed by atoms with Crippen LogP contribution in [0.2, 0.25) is 10.0 Å². The molecule has 1 atom stereocenters. The van der Waals surface area contributed by atoms with Crippen molar-refractivity contribution >= 4 is 46.4 Å². The highest BCUT2D eigenvalue weighted by Gasteiger charge is 2.33. The lowest BCUT2D eigenvalue weighted by Crippen LogP contribution is -2.53. The summed E-state index contributed by atoms with van der Waals surface area (Å²) in [6.07, 6.45) is 0.965. The minimum Gasteiger partial charge on any atom is -0.338 e. The summed E-state index contributed by atoms with van der Waals surface area (Å²) in [6.45, 7) is 5.36. The number of hydrogen-bond acceptors (Lipinski definition) is 4. The Morgan fingerprint density at radius 2 is 1.69 bits per heavy atom. The molecule has 3 aromatic rings. The second-order valence-corrected chi connectivity index (χ2v) is 10.9. The van der Waals surface area contributed by atoms with Gasteiger partial charge in [0.05, 0.1) is 23.2 Å². The van der Waals surface area contributed by atoms with Crippen LogP contribution in [0.5, 0.6) is 0 Å². The van der Waals surface area contributed by atoms with Crippen LogP contribution in [-0.4, -0.2) is 65.8 Å². The van der Waals surface area contributed by atoms with Gasteiger partial charge in [0.15, 0.2) is 0 Å². The second-order valence-electron chi connectivity index (χ2n) is 9.08. The van der Waals surface area contributed by atoms with E-state index in [2.05, 4.69) is 47.5 Å². The number of rotatable bonds is 4. The number of thiophene rings is 1. The van der Waals surface area contributed by atoms with Crippen LogP contribution in [0.1, 0.15) is 38.0 Å². The van der Waals surface area contributed by atoms with Gasteiger partial charge in [-0.3, -0.25) is 14.5 Å². The molecule has 2 amide bonds. The number of fused-ring (bicyclic) bond motifs is 1. The van der Waals surface area contributed by atoms with E-state index < -0.39 is 0 Å². The zero-order valence-corrected chi connectivity index (χ0v) is 21.9. The van der Waals surface area contributed by atoms with Crippen molar-refractivity contribution in [1.82, 2.24) is 14.7 Å². The zero-order valence-electron chi connectivity index (χ0n) is 19.5. The molecule has 35 heavy (non-hydrogen) atoms. The van der Waals surface area contributed by atoms with Crippen molar-refractivity contribution in [2.45, 2.75) is 19.4 Å². The highest BCUT2D eigenvalue weighted by molar-refractivity contribution is 7.10. The first-order valence-electron chi connectivity index (χ1n) is 11.8. The molecule has 2 aliphatic rings. The van der Waals surface area contributed by atoms with Gasteiger partial charge in [-0.05, 0) is 59.7 Å². The van der Waals surface area contributed by atoms with Crippen molar-refractivity contribution in [3.05, 3.63) is 91.1 Å². The van der Waals surface area contributed by atoms with Crippen LogP contribution in [-0.2, 0) is 11.2 Å². The molecule has 0 unspecified atom stereocenters. The Bertz CT molecular complexity index is 1250. The number of halogens is 2. The quantitative estimate of drug-likeness (QED) is 0.462. The molecule has 8 heteroatoms. The van der Waals surface area contributed by atoms with Crippen LogP contribution in [0.25, 0.3) is 0 Å². The van der Waals surface area contributed by atoms with Gasteiger partial charge in [-0.25, -0.2) is 0 Å². The molecule has 0 N–H and O–H groups in total. The molecule has 1 saturated heterocycles. The first kappa shape index (κ1) is 24.3. The van der Waals surface area contributed by atoms with Gasteiger partial charge in [0, 0.05) is 42.6 Å². The van der Waals surface area contributed by atoms with E-state index in [0.29, 0.717) is 48.3 Å². The van der Waals surface area contributed by atoms with Crippen molar-refractivity contribution in [3.63, 3.8) is 0 Å². The number of nitrogens with zero attached hydrogens (tertiary/aromatic N) is 3. The smallest absolute Gasteiger partial charge is 0.255 e. The van der Waals surface area contributed by atoms with Crippen molar-refractivity contribution in [1.29, 1.82) is 0 Å². The van der Waals surface area contributed by atoms with Crippen molar-refractivity contribution in [2.24, 2.45) is 0 Å². The summed E-state index contributed by atoms with van der Waals surface area (Å²) >= 11 is 14.0. The monoisotopic (exact) mass is 527 g/mol. The Balaban J connectivity index is 1.26. The maximum atomic E-state index is 13.4. The van der Waals surface area contributed by atoms with Gasteiger partial charge in [-0.1, -0.05) is 47.5 Å². The molecule has 0 saturated carbocycles. The minimum atomic E-state index is -0.126. The first-order chi connectivity index (χ1) is 16.9. The van der Waals surface area contributed by atoms with Crippen LogP contribution >= 0.6 is 34.5 Å². The van der Waals surface area contributed by atoms with E-state index in [-0.39, 0.29) is 17.9 Å². The van der Waals surface area contributed by atoms with E-state index in [0.717, 1.165) is 13.0 Å². The van der Waals surface area contributed by atoms with Crippen molar-refractivity contribution in [2.75, 3.05) is 39.3 Å². The topological polar surface area (TPSA) is 43.9 Å². The third-order valence-corrected chi connectivity index (χ3v) is 8.51. The highest BCUT2D eigenvalue weighted by Crippen LogP contribution is 2.38. The molecule has 1 aromatic heterocycles. The highest BCUT2D eigenvalue weighted by atomic mass is 35.5. The van der Waals surface area contributed by atoms with E-state index in [4.69, 9.17) is 23.2 Å². The van der Waals surface area contributed by atoms with E-state index in [1.165, 1.54) is 21.6 Å². The largest absolute Gasteiger partial charge is 0.338 e. The molecule has 5 rings (SSSR count). The maximum Gasteiger partial charge on any atom is 0.255 e. The van der Waals surface area contributed by atoms with E-state index in [1.807, 2.05) is 4.90 Å². The summed E-state index contributed by atoms with van der Waals surface area (Å²) in [5.41, 5.74) is 4.26. The lowest BCUT2D eigenvalue weighted by molar-refractivity contribution is -0.134. The minimum absolute atomic E-state index is 0.0880. The Kier molecular flexibility index (Phi) is 7.17. The van der Waals surface area contributed by atoms with Gasteiger partial charge >= 0.3 is 0 Å². The molecule has 0 radical (unpaired) electrons. The fourth-order valence-corrected chi connectivity index (χ4v) is 6.46. The normalized spacial score (nSPS) is 18.4. The lowest BCUT2D eigenvalue weighted by atomic mass is 9.90. The lowest BCUT2D eigenvalue weighted by Gasteiger charge is -2.39. The summed E-state index contributed by atoms with van der Waals surface area (Å²) in [7, 11) is 0. The molecule has 1 fully saturated rings. The van der Waals surface area contributed by atoms with Gasteiger partial charge in [0.2, 0.25) is 5.91 Å². The average Bonchev–Trinajstić information content (AvgIpc) is 3.33. The number of carbonyl (C=O) groups excluding carboxylic acids is 2. The third-order valence-electron chi connectivity index (χ3n) is 6.97. The second kappa shape index (κ2) is 10.3. The van der Waals surface area contributed by atoms with Crippen LogP contribution in [0.3, 0.4) is 0 Å². The molecule has 0 aliphatic carbocycles. The summed E-state index contributed by atoms with van der Waals surface area (Å²) in [4.78, 5) is 33.7. The molecule has 5 nitrogen and oxygen atoms in total. The molecule has 0 bridgehead atoms. The Morgan fingerprint density at radius 3 is 2.43 bits per heavy atom. The van der Waals surface area contributed by atoms with Crippen LogP contribution in [0.4, 0.5) is 0 Å². The Morgan fingerprint density at radius 1 is 0.943 bits per heavy atom. The summed E-state index contributed by atoms with van der Waals surface area (Å²) < 4.78 is 0. The maximum absolute atomic E-state index is 13.4. The number of piperazine rings is 1. The van der Waals surface area contributed by atoms with Crippen LogP contribution in [0.15, 0.2) is 53.9 Å². The Labute approximate surface area is 219 Å². The number of aryl methyl sites for hydroxylation is 1. The predicted molar refractivity (Wildman–Crippen MR) is 142 cm³/mol. The first-order valence-corrected chi connectivity index (χ1v) is 13.4. The molecule has 2 aliphatic heterocycles. The summed E-state index contributed by atoms with van der Waals surface area (Å²) in [5, 5.41) is 3.00. The number of carbonyl (C=O) groups is 2. The van der Waals surface area contributed by atoms with Gasteiger partial charge in [-0.15, -0.1) is 11.3 Å². The Hall–Kier alpha value is -2.38. The number of amides is 2. The van der Waals surface area contributed by atoms with Crippen molar-refractivity contribution < 1.29 is 9.59 Å².